The van der Waals surface area contributed by atoms with E-state index in [1.54, 1.807) is 25.1 Å². The van der Waals surface area contributed by atoms with Gasteiger partial charge in [0.25, 0.3) is 0 Å². The molecule has 0 radical (unpaired) electrons. The third-order valence-corrected chi connectivity index (χ3v) is 2.21. The fraction of sp³-hybridized carbons (Fsp3) is 0.250. The Bertz CT molecular complexity index is 306. The first-order valence-electron chi connectivity index (χ1n) is 3.49. The van der Waals surface area contributed by atoms with Crippen molar-refractivity contribution >= 4 is 52.1 Å². The lowest BCUT2D eigenvalue weighted by atomic mass is 10.3. The van der Waals surface area contributed by atoms with Gasteiger partial charge < -0.3 is 5.32 Å². The van der Waals surface area contributed by atoms with Crippen molar-refractivity contribution in [2.24, 2.45) is 0 Å². The zero-order chi connectivity index (χ0) is 10.1. The predicted octanol–water partition coefficient (Wildman–Crippen LogP) is 4.56. The largest absolute Gasteiger partial charge is 0.355 e. The van der Waals surface area contributed by atoms with Crippen LogP contribution in [0.25, 0.3) is 0 Å². The summed E-state index contributed by atoms with van der Waals surface area (Å²) < 4.78 is -1.02. The fourth-order valence-corrected chi connectivity index (χ4v) is 1.34. The standard InChI is InChI=1S/C8H7Cl4N/c1-8(11,12)13-5-2-3-6(9)7(10)4-5/h2-4,13H,1H3. The first kappa shape index (κ1) is 11.3. The number of anilines is 1. The second-order valence-corrected chi connectivity index (χ2v) is 5.16. The highest BCUT2D eigenvalue weighted by Crippen LogP contribution is 2.28. The van der Waals surface area contributed by atoms with Gasteiger partial charge in [-0.15, -0.1) is 0 Å². The Hall–Kier alpha value is 0.180. The van der Waals surface area contributed by atoms with Crippen LogP contribution in [0.2, 0.25) is 10.0 Å². The molecule has 1 nitrogen and oxygen atoms in total. The molecule has 0 heterocycles. The zero-order valence-electron chi connectivity index (χ0n) is 6.74. The second-order valence-electron chi connectivity index (χ2n) is 2.64. The lowest BCUT2D eigenvalue weighted by molar-refractivity contribution is 1.01. The van der Waals surface area contributed by atoms with Crippen LogP contribution in [0.3, 0.4) is 0 Å². The minimum atomic E-state index is -1.02. The topological polar surface area (TPSA) is 12.0 Å². The molecule has 0 fully saturated rings. The van der Waals surface area contributed by atoms with Crippen LogP contribution in [-0.4, -0.2) is 4.46 Å². The van der Waals surface area contributed by atoms with Gasteiger partial charge in [-0.1, -0.05) is 46.4 Å². The third-order valence-electron chi connectivity index (χ3n) is 1.28. The molecule has 0 spiro atoms. The monoisotopic (exact) mass is 257 g/mol. The Morgan fingerprint density at radius 3 is 2.23 bits per heavy atom. The molecular formula is C8H7Cl4N. The molecule has 5 heteroatoms. The number of alkyl halides is 2. The van der Waals surface area contributed by atoms with Gasteiger partial charge in [-0.25, -0.2) is 0 Å². The normalized spacial score (nSPS) is 11.5. The maximum atomic E-state index is 5.78. The van der Waals surface area contributed by atoms with Crippen LogP contribution in [-0.2, 0) is 0 Å². The van der Waals surface area contributed by atoms with Gasteiger partial charge in [0.2, 0.25) is 0 Å². The summed E-state index contributed by atoms with van der Waals surface area (Å²) in [7, 11) is 0. The van der Waals surface area contributed by atoms with Gasteiger partial charge in [0.1, 0.15) is 0 Å². The van der Waals surface area contributed by atoms with Crippen molar-refractivity contribution < 1.29 is 0 Å². The first-order valence-corrected chi connectivity index (χ1v) is 5.01. The van der Waals surface area contributed by atoms with Crippen LogP contribution in [0, 0.1) is 0 Å². The highest BCUT2D eigenvalue weighted by Gasteiger charge is 2.15. The molecule has 0 bridgehead atoms. The Labute approximate surface area is 96.9 Å². The Morgan fingerprint density at radius 1 is 1.15 bits per heavy atom. The summed E-state index contributed by atoms with van der Waals surface area (Å²) in [4.78, 5) is 0. The summed E-state index contributed by atoms with van der Waals surface area (Å²) in [6, 6.07) is 5.08. The number of hydrogen-bond donors (Lipinski definition) is 1. The predicted molar refractivity (Wildman–Crippen MR) is 60.2 cm³/mol. The second kappa shape index (κ2) is 4.14. The Morgan fingerprint density at radius 2 is 1.77 bits per heavy atom. The average Bonchev–Trinajstić information content (AvgIpc) is 1.94. The molecule has 0 amide bonds. The van der Waals surface area contributed by atoms with Crippen molar-refractivity contribution in [3.05, 3.63) is 28.2 Å². The molecule has 0 saturated carbocycles. The molecule has 1 aromatic carbocycles. The molecule has 72 valence electrons. The Balaban J connectivity index is 2.86. The van der Waals surface area contributed by atoms with Crippen LogP contribution in [0.4, 0.5) is 5.69 Å². The highest BCUT2D eigenvalue weighted by molar-refractivity contribution is 6.49. The minimum absolute atomic E-state index is 0.462. The fourth-order valence-electron chi connectivity index (χ4n) is 0.827. The van der Waals surface area contributed by atoms with Gasteiger partial charge in [-0.05, 0) is 25.1 Å². The summed E-state index contributed by atoms with van der Waals surface area (Å²) in [5.41, 5.74) is 0.724. The van der Waals surface area contributed by atoms with Gasteiger partial charge in [0.05, 0.1) is 10.0 Å². The van der Waals surface area contributed by atoms with E-state index >= 15 is 0 Å². The Kier molecular flexibility index (Phi) is 3.58. The summed E-state index contributed by atoms with van der Waals surface area (Å²) in [6.45, 7) is 1.62. The first-order chi connectivity index (χ1) is 5.88. The van der Waals surface area contributed by atoms with Crippen LogP contribution in [0.5, 0.6) is 0 Å². The molecule has 0 aliphatic carbocycles. The lowest BCUT2D eigenvalue weighted by Gasteiger charge is -2.17. The SMILES string of the molecule is CC(Cl)(Cl)Nc1ccc(Cl)c(Cl)c1. The molecule has 0 unspecified atom stereocenters. The summed E-state index contributed by atoms with van der Waals surface area (Å²) in [6.07, 6.45) is 0. The van der Waals surface area contributed by atoms with E-state index in [2.05, 4.69) is 5.32 Å². The smallest absolute Gasteiger partial charge is 0.185 e. The quantitative estimate of drug-likeness (QED) is 0.606. The van der Waals surface area contributed by atoms with Crippen molar-refractivity contribution in [1.82, 2.24) is 0 Å². The number of halogens is 4. The van der Waals surface area contributed by atoms with Crippen molar-refractivity contribution in [2.45, 2.75) is 11.4 Å². The summed E-state index contributed by atoms with van der Waals surface area (Å²) >= 11 is 23.0. The summed E-state index contributed by atoms with van der Waals surface area (Å²) in [5, 5.41) is 3.80. The van der Waals surface area contributed by atoms with Gasteiger partial charge in [0, 0.05) is 5.69 Å². The molecule has 0 aliphatic rings. The van der Waals surface area contributed by atoms with Crippen molar-refractivity contribution in [3.63, 3.8) is 0 Å². The van der Waals surface area contributed by atoms with Crippen molar-refractivity contribution in [2.75, 3.05) is 5.32 Å². The van der Waals surface area contributed by atoms with E-state index in [1.165, 1.54) is 0 Å². The molecule has 13 heavy (non-hydrogen) atoms. The van der Waals surface area contributed by atoms with E-state index in [1.807, 2.05) is 0 Å². The zero-order valence-corrected chi connectivity index (χ0v) is 9.77. The van der Waals surface area contributed by atoms with Crippen LogP contribution in [0.15, 0.2) is 18.2 Å². The van der Waals surface area contributed by atoms with Gasteiger partial charge in [-0.2, -0.15) is 0 Å². The lowest BCUT2D eigenvalue weighted by Crippen LogP contribution is -2.19. The molecule has 1 aromatic rings. The number of rotatable bonds is 2. The van der Waals surface area contributed by atoms with E-state index < -0.39 is 4.46 Å². The molecule has 0 aliphatic heterocycles. The molecule has 1 rings (SSSR count). The van der Waals surface area contributed by atoms with Gasteiger partial charge in [-0.3, -0.25) is 0 Å². The highest BCUT2D eigenvalue weighted by atomic mass is 35.5. The van der Waals surface area contributed by atoms with Gasteiger partial charge in [0.15, 0.2) is 4.46 Å². The molecule has 0 atom stereocenters. The number of benzene rings is 1. The molecule has 0 aromatic heterocycles. The van der Waals surface area contributed by atoms with Gasteiger partial charge >= 0.3 is 0 Å². The number of nitrogens with one attached hydrogen (secondary N) is 1. The van der Waals surface area contributed by atoms with E-state index in [0.717, 1.165) is 5.69 Å². The molecular weight excluding hydrogens is 252 g/mol. The molecule has 1 N–H and O–H groups in total. The van der Waals surface area contributed by atoms with Crippen LogP contribution >= 0.6 is 46.4 Å². The molecule has 0 saturated heterocycles. The third kappa shape index (κ3) is 3.82. The van der Waals surface area contributed by atoms with Crippen molar-refractivity contribution in [3.8, 4) is 0 Å². The van der Waals surface area contributed by atoms with Crippen LogP contribution in [0.1, 0.15) is 6.92 Å². The maximum absolute atomic E-state index is 5.78. The minimum Gasteiger partial charge on any atom is -0.355 e. The maximum Gasteiger partial charge on any atom is 0.185 e. The number of hydrogen-bond acceptors (Lipinski definition) is 1. The van der Waals surface area contributed by atoms with Crippen molar-refractivity contribution in [1.29, 1.82) is 0 Å². The van der Waals surface area contributed by atoms with Crippen LogP contribution < -0.4 is 5.32 Å². The summed E-state index contributed by atoms with van der Waals surface area (Å²) in [5.74, 6) is 0. The van der Waals surface area contributed by atoms with E-state index in [-0.39, 0.29) is 0 Å². The van der Waals surface area contributed by atoms with E-state index in [4.69, 9.17) is 46.4 Å². The van der Waals surface area contributed by atoms with E-state index in [9.17, 15) is 0 Å². The van der Waals surface area contributed by atoms with E-state index in [0.29, 0.717) is 10.0 Å². The average molecular weight is 259 g/mol.